The Morgan fingerprint density at radius 1 is 1.15 bits per heavy atom. The van der Waals surface area contributed by atoms with Crippen molar-refractivity contribution in [3.8, 4) is 0 Å². The van der Waals surface area contributed by atoms with Gasteiger partial charge >= 0.3 is 0 Å². The smallest absolute Gasteiger partial charge is 0.255 e. The Labute approximate surface area is 158 Å². The number of amides is 1. The van der Waals surface area contributed by atoms with E-state index < -0.39 is 9.84 Å². The molecule has 1 saturated heterocycles. The predicted molar refractivity (Wildman–Crippen MR) is 102 cm³/mol. The third-order valence-electron chi connectivity index (χ3n) is 4.30. The highest BCUT2D eigenvalue weighted by Gasteiger charge is 2.25. The lowest BCUT2D eigenvalue weighted by Gasteiger charge is -2.26. The molecule has 1 aliphatic heterocycles. The number of benzene rings is 1. The molecule has 0 spiro atoms. The van der Waals surface area contributed by atoms with Crippen LogP contribution in [-0.4, -0.2) is 55.3 Å². The highest BCUT2D eigenvalue weighted by molar-refractivity contribution is 7.91. The first-order valence-corrected chi connectivity index (χ1v) is 10.6. The largest absolute Gasteiger partial charge is 0.370 e. The van der Waals surface area contributed by atoms with Gasteiger partial charge in [0.1, 0.15) is 5.82 Å². The second kappa shape index (κ2) is 8.05. The van der Waals surface area contributed by atoms with Gasteiger partial charge in [-0.25, -0.2) is 13.4 Å². The monoisotopic (exact) mass is 393 g/mol. The molecular formula is C18H20ClN3O3S. The first kappa shape index (κ1) is 18.7. The van der Waals surface area contributed by atoms with Crippen LogP contribution in [0.3, 0.4) is 0 Å². The number of rotatable bonds is 5. The maximum Gasteiger partial charge on any atom is 0.255 e. The minimum Gasteiger partial charge on any atom is -0.370 e. The molecule has 1 aliphatic rings. The molecule has 3 rings (SSSR count). The average molecular weight is 394 g/mol. The summed E-state index contributed by atoms with van der Waals surface area (Å²) in [6.07, 6.45) is 2.29. The zero-order valence-electron chi connectivity index (χ0n) is 14.2. The molecule has 26 heavy (non-hydrogen) atoms. The zero-order valence-corrected chi connectivity index (χ0v) is 15.8. The number of nitrogens with zero attached hydrogens (tertiary/aromatic N) is 2. The van der Waals surface area contributed by atoms with Crippen LogP contribution < -0.4 is 5.32 Å². The van der Waals surface area contributed by atoms with Crippen LogP contribution in [0.4, 0.5) is 5.82 Å². The number of halogens is 1. The van der Waals surface area contributed by atoms with Crippen molar-refractivity contribution in [2.24, 2.45) is 0 Å². The van der Waals surface area contributed by atoms with Gasteiger partial charge in [0.15, 0.2) is 9.84 Å². The van der Waals surface area contributed by atoms with Crippen LogP contribution in [0, 0.1) is 0 Å². The summed E-state index contributed by atoms with van der Waals surface area (Å²) in [6.45, 7) is 1.14. The number of nitrogens with one attached hydrogen (secondary N) is 1. The van der Waals surface area contributed by atoms with Gasteiger partial charge in [-0.2, -0.15) is 0 Å². The van der Waals surface area contributed by atoms with E-state index >= 15 is 0 Å². The summed E-state index contributed by atoms with van der Waals surface area (Å²) in [5.41, 5.74) is 1.52. The number of aromatic nitrogens is 1. The maximum absolute atomic E-state index is 12.4. The van der Waals surface area contributed by atoms with E-state index in [9.17, 15) is 13.2 Å². The van der Waals surface area contributed by atoms with E-state index in [0.717, 1.165) is 17.0 Å². The van der Waals surface area contributed by atoms with E-state index in [1.807, 2.05) is 24.3 Å². The van der Waals surface area contributed by atoms with Crippen molar-refractivity contribution in [1.29, 1.82) is 0 Å². The first-order valence-electron chi connectivity index (χ1n) is 8.38. The molecule has 2 aromatic rings. The molecule has 2 heterocycles. The second-order valence-corrected chi connectivity index (χ2v) is 8.86. The Balaban J connectivity index is 1.53. The fraction of sp³-hybridized carbons (Fsp3) is 0.333. The molecule has 1 fully saturated rings. The second-order valence-electron chi connectivity index (χ2n) is 6.14. The van der Waals surface area contributed by atoms with Gasteiger partial charge in [-0.3, -0.25) is 4.79 Å². The Morgan fingerprint density at radius 3 is 2.54 bits per heavy atom. The van der Waals surface area contributed by atoms with Gasteiger partial charge in [0.25, 0.3) is 5.91 Å². The van der Waals surface area contributed by atoms with Gasteiger partial charge < -0.3 is 10.2 Å². The Kier molecular flexibility index (Phi) is 5.78. The van der Waals surface area contributed by atoms with Gasteiger partial charge in [0, 0.05) is 30.9 Å². The van der Waals surface area contributed by atoms with E-state index in [1.165, 1.54) is 6.20 Å². The van der Waals surface area contributed by atoms with Crippen LogP contribution in [0.5, 0.6) is 0 Å². The third-order valence-corrected chi connectivity index (χ3v) is 6.28. The lowest BCUT2D eigenvalue weighted by atomic mass is 10.1. The lowest BCUT2D eigenvalue weighted by Crippen LogP contribution is -2.43. The molecule has 0 saturated carbocycles. The van der Waals surface area contributed by atoms with Crippen LogP contribution in [0.15, 0.2) is 42.6 Å². The van der Waals surface area contributed by atoms with Gasteiger partial charge in [0.05, 0.1) is 17.1 Å². The van der Waals surface area contributed by atoms with Gasteiger partial charge in [-0.05, 0) is 30.2 Å². The highest BCUT2D eigenvalue weighted by Crippen LogP contribution is 2.16. The SMILES string of the molecule is O=C(c1ccc(NCCc2ccccc2Cl)nc1)N1CCS(=O)(=O)CC1. The summed E-state index contributed by atoms with van der Waals surface area (Å²) < 4.78 is 22.9. The zero-order chi connectivity index (χ0) is 18.6. The standard InChI is InChI=1S/C18H20ClN3O3S/c19-16-4-2-1-3-14(16)7-8-20-17-6-5-15(13-21-17)18(23)22-9-11-26(24,25)12-10-22/h1-6,13H,7-12H2,(H,20,21). The molecule has 1 N–H and O–H groups in total. The fourth-order valence-corrected chi connectivity index (χ4v) is 4.18. The summed E-state index contributed by atoms with van der Waals surface area (Å²) in [5.74, 6) is 0.534. The minimum atomic E-state index is -3.00. The number of anilines is 1. The molecule has 6 nitrogen and oxygen atoms in total. The molecule has 0 bridgehead atoms. The van der Waals surface area contributed by atoms with E-state index in [4.69, 9.17) is 11.6 Å². The normalized spacial score (nSPS) is 16.3. The van der Waals surface area contributed by atoms with Crippen molar-refractivity contribution in [2.45, 2.75) is 6.42 Å². The summed E-state index contributed by atoms with van der Waals surface area (Å²) in [7, 11) is -3.00. The predicted octanol–water partition coefficient (Wildman–Crippen LogP) is 2.26. The number of pyridine rings is 1. The van der Waals surface area contributed by atoms with E-state index in [0.29, 0.717) is 17.9 Å². The van der Waals surface area contributed by atoms with Crippen LogP contribution in [-0.2, 0) is 16.3 Å². The van der Waals surface area contributed by atoms with Crippen LogP contribution in [0.2, 0.25) is 5.02 Å². The Hall–Kier alpha value is -2.12. The molecular weight excluding hydrogens is 374 g/mol. The average Bonchev–Trinajstić information content (AvgIpc) is 2.63. The fourth-order valence-electron chi connectivity index (χ4n) is 2.75. The number of carbonyl (C=O) groups excluding carboxylic acids is 1. The van der Waals surface area contributed by atoms with Crippen molar-refractivity contribution in [3.05, 3.63) is 58.7 Å². The third kappa shape index (κ3) is 4.74. The highest BCUT2D eigenvalue weighted by atomic mass is 35.5. The number of sulfone groups is 1. The number of carbonyl (C=O) groups is 1. The van der Waals surface area contributed by atoms with E-state index in [1.54, 1.807) is 17.0 Å². The van der Waals surface area contributed by atoms with E-state index in [2.05, 4.69) is 10.3 Å². The summed E-state index contributed by atoms with van der Waals surface area (Å²) in [4.78, 5) is 18.2. The van der Waals surface area contributed by atoms with Gasteiger partial charge in [-0.1, -0.05) is 29.8 Å². The van der Waals surface area contributed by atoms with Gasteiger partial charge in [-0.15, -0.1) is 0 Å². The van der Waals surface area contributed by atoms with Crippen molar-refractivity contribution < 1.29 is 13.2 Å². The molecule has 1 amide bonds. The molecule has 0 radical (unpaired) electrons. The van der Waals surface area contributed by atoms with Crippen molar-refractivity contribution in [3.63, 3.8) is 0 Å². The topological polar surface area (TPSA) is 79.4 Å². The summed E-state index contributed by atoms with van der Waals surface area (Å²) in [6, 6.07) is 11.1. The van der Waals surface area contributed by atoms with Crippen LogP contribution in [0.25, 0.3) is 0 Å². The Morgan fingerprint density at radius 2 is 1.88 bits per heavy atom. The first-order chi connectivity index (χ1) is 12.4. The number of hydrogen-bond acceptors (Lipinski definition) is 5. The summed E-state index contributed by atoms with van der Waals surface area (Å²) in [5, 5.41) is 3.95. The molecule has 0 atom stereocenters. The molecule has 1 aromatic carbocycles. The maximum atomic E-state index is 12.4. The van der Waals surface area contributed by atoms with Crippen molar-refractivity contribution in [2.75, 3.05) is 36.5 Å². The molecule has 0 unspecified atom stereocenters. The Bertz CT molecular complexity index is 871. The van der Waals surface area contributed by atoms with Crippen LogP contribution >= 0.6 is 11.6 Å². The lowest BCUT2D eigenvalue weighted by molar-refractivity contribution is 0.0770. The van der Waals surface area contributed by atoms with E-state index in [-0.39, 0.29) is 30.5 Å². The molecule has 0 aliphatic carbocycles. The minimum absolute atomic E-state index is 0.0217. The molecule has 1 aromatic heterocycles. The van der Waals surface area contributed by atoms with Gasteiger partial charge in [0.2, 0.25) is 0 Å². The summed E-state index contributed by atoms with van der Waals surface area (Å²) >= 11 is 6.13. The van der Waals surface area contributed by atoms with Crippen molar-refractivity contribution >= 4 is 33.2 Å². The molecule has 8 heteroatoms. The van der Waals surface area contributed by atoms with Crippen molar-refractivity contribution in [1.82, 2.24) is 9.88 Å². The molecule has 138 valence electrons. The number of hydrogen-bond donors (Lipinski definition) is 1. The van der Waals surface area contributed by atoms with Crippen LogP contribution in [0.1, 0.15) is 15.9 Å². The quantitative estimate of drug-likeness (QED) is 0.842.